The van der Waals surface area contributed by atoms with Gasteiger partial charge in [0.2, 0.25) is 0 Å². The van der Waals surface area contributed by atoms with E-state index in [-0.39, 0.29) is 83.9 Å². The normalized spacial score (nSPS) is 52.7. The first-order chi connectivity index (χ1) is 23.0. The van der Waals surface area contributed by atoms with Gasteiger partial charge in [0, 0.05) is 5.92 Å². The quantitative estimate of drug-likeness (QED) is 0.150. The third-order valence-corrected chi connectivity index (χ3v) is 17.1. The molecule has 8 N–H and O–H groups in total. The Labute approximate surface area is 301 Å². The number of rotatable bonds is 2. The van der Waals surface area contributed by atoms with E-state index in [0.717, 1.165) is 77.0 Å². The number of fused-ring (bicyclic) bond motifs is 20. The fourth-order valence-corrected chi connectivity index (χ4v) is 14.9. The van der Waals surface area contributed by atoms with Gasteiger partial charge in [0.05, 0.1) is 41.3 Å². The second-order valence-electron chi connectivity index (χ2n) is 16.7. The van der Waals surface area contributed by atoms with Crippen LogP contribution in [-0.4, -0.2) is 85.8 Å². The predicted molar refractivity (Wildman–Crippen MR) is 179 cm³/mol. The van der Waals surface area contributed by atoms with Crippen LogP contribution in [0.4, 0.5) is 0 Å². The molecule has 1 radical (unpaired) electrons. The summed E-state index contributed by atoms with van der Waals surface area (Å²) in [6, 6.07) is 0. The molecule has 5 heterocycles. The summed E-state index contributed by atoms with van der Waals surface area (Å²) in [5, 5.41) is 32.2. The molecule has 0 amide bonds. The van der Waals surface area contributed by atoms with E-state index in [2.05, 4.69) is 31.9 Å². The molecular weight excluding hydrogens is 720 g/mol. The largest absolute Gasteiger partial charge is 2.00 e. The summed E-state index contributed by atoms with van der Waals surface area (Å²) in [6.45, 7) is 0. The van der Waals surface area contributed by atoms with Crippen LogP contribution in [0.2, 0.25) is 0 Å². The molecule has 4 saturated carbocycles. The molecule has 281 valence electrons. The minimum absolute atomic E-state index is 0. The molecule has 9 aliphatic rings. The summed E-state index contributed by atoms with van der Waals surface area (Å²) in [6.07, 6.45) is 11.2. The first kappa shape index (κ1) is 36.0. The average Bonchev–Trinajstić information content (AvgIpc) is 3.79. The minimum atomic E-state index is -4.26. The van der Waals surface area contributed by atoms with Gasteiger partial charge in [0.15, 0.2) is 0 Å². The molecule has 9 fully saturated rings. The van der Waals surface area contributed by atoms with E-state index in [1.54, 1.807) is 0 Å². The monoisotopic (exact) mass is 773 g/mol. The van der Waals surface area contributed by atoms with Crippen molar-refractivity contribution < 1.29 is 43.0 Å². The number of nitrogens with zero attached hydrogens (tertiary/aromatic N) is 2. The van der Waals surface area contributed by atoms with Crippen molar-refractivity contribution in [3.05, 3.63) is 10.6 Å². The van der Waals surface area contributed by atoms with Gasteiger partial charge < -0.3 is 21.3 Å². The van der Waals surface area contributed by atoms with Crippen LogP contribution in [0, 0.1) is 47.3 Å². The Hall–Kier alpha value is 0.0195. The zero-order valence-electron chi connectivity index (χ0n) is 27.8. The van der Waals surface area contributed by atoms with Crippen molar-refractivity contribution in [1.29, 1.82) is 0 Å². The number of hydrogen-bond donors (Lipinski definition) is 8. The number of hydrogen-bond acceptors (Lipinski definition) is 10. The molecule has 18 atom stereocenters. The summed E-state index contributed by atoms with van der Waals surface area (Å²) in [7, 11) is -8.51. The summed E-state index contributed by atoms with van der Waals surface area (Å²) >= 11 is 0. The van der Waals surface area contributed by atoms with Gasteiger partial charge in [-0.05, 0) is 74.0 Å². The zero-order chi connectivity index (χ0) is 32.9. The van der Waals surface area contributed by atoms with Crippen molar-refractivity contribution >= 4 is 20.2 Å². The van der Waals surface area contributed by atoms with Gasteiger partial charge in [-0.2, -0.15) is 16.8 Å². The van der Waals surface area contributed by atoms with E-state index in [0.29, 0.717) is 36.5 Å². The third-order valence-electron chi connectivity index (χ3n) is 14.4. The Morgan fingerprint density at radius 3 is 1.43 bits per heavy atom. The molecule has 18 unspecified atom stereocenters. The molecule has 5 saturated heterocycles. The smallest absolute Gasteiger partial charge is 0.662 e. The van der Waals surface area contributed by atoms with Crippen LogP contribution in [0.15, 0.2) is 0 Å². The van der Waals surface area contributed by atoms with Crippen molar-refractivity contribution in [2.24, 2.45) is 47.3 Å². The minimum Gasteiger partial charge on any atom is -0.662 e. The van der Waals surface area contributed by atoms with Crippen LogP contribution in [-0.2, 0) is 37.3 Å². The first-order valence-electron chi connectivity index (χ1n) is 18.9. The van der Waals surface area contributed by atoms with Gasteiger partial charge in [-0.3, -0.25) is 30.4 Å². The van der Waals surface area contributed by atoms with E-state index >= 15 is 0 Å². The third kappa shape index (κ3) is 6.40. The fourth-order valence-electron chi connectivity index (χ4n) is 12.5. The van der Waals surface area contributed by atoms with Gasteiger partial charge in [0.1, 0.15) is 0 Å². The van der Waals surface area contributed by atoms with Crippen LogP contribution >= 0.6 is 0 Å². The standard InChI is InChI=1S/C32H54N8O6S2.Cu/c41-47(42,43)21-13-5-11-19-23(21)32-38-28-18-10-4-2-8-16(18)26(34-28)36-30-20-12-6-14-22(48(44,45)46)24(20)31(40-30)37-27-17-9-3-1-7-15(17)25(33-27)35-29(19)39-32;/h15-35,37-39H,1-14H2,(H,41,42,43)(H,44,45,46);/q-2;+2. The topological polar surface area (TPSA) is 209 Å². The second-order valence-corrected chi connectivity index (χ2v) is 19.9. The molecule has 14 nitrogen and oxygen atoms in total. The maximum absolute atomic E-state index is 12.8. The zero-order valence-corrected chi connectivity index (χ0v) is 30.4. The van der Waals surface area contributed by atoms with Crippen LogP contribution in [0.1, 0.15) is 89.9 Å². The molecule has 17 heteroatoms. The van der Waals surface area contributed by atoms with E-state index in [1.807, 2.05) is 0 Å². The Balaban J connectivity index is 0.00000348. The summed E-state index contributed by atoms with van der Waals surface area (Å²) in [5.74, 6) is 0.633. The van der Waals surface area contributed by atoms with Crippen molar-refractivity contribution in [3.63, 3.8) is 0 Å². The SMILES string of the molecule is O=S(=O)(O)C1CCCC2C3[N-]C4NC(NC5NC(NC6NC(NC([N-]3)C21)C1CCCCC61)C1CCCC(S(=O)(=O)O)C51)C1CCCCC41.[Cu+2]. The van der Waals surface area contributed by atoms with Gasteiger partial charge >= 0.3 is 17.1 Å². The van der Waals surface area contributed by atoms with Crippen LogP contribution in [0.3, 0.4) is 0 Å². The van der Waals surface area contributed by atoms with E-state index < -0.39 is 36.9 Å². The molecule has 0 aromatic heterocycles. The Bertz CT molecular complexity index is 1340. The summed E-state index contributed by atoms with van der Waals surface area (Å²) in [5.41, 5.74) is 0. The van der Waals surface area contributed by atoms with Crippen LogP contribution in [0.25, 0.3) is 10.6 Å². The van der Waals surface area contributed by atoms with Gasteiger partial charge in [-0.1, -0.05) is 69.6 Å². The molecule has 4 aliphatic carbocycles. The van der Waals surface area contributed by atoms with Crippen molar-refractivity contribution in [2.45, 2.75) is 150 Å². The van der Waals surface area contributed by atoms with E-state index in [4.69, 9.17) is 10.6 Å². The molecule has 8 bridgehead atoms. The Kier molecular flexibility index (Phi) is 10.1. The Morgan fingerprint density at radius 2 is 0.837 bits per heavy atom. The molecule has 0 spiro atoms. The van der Waals surface area contributed by atoms with Crippen molar-refractivity contribution in [3.8, 4) is 0 Å². The second kappa shape index (κ2) is 13.7. The average molecular weight is 775 g/mol. The van der Waals surface area contributed by atoms with Gasteiger partial charge in [0.25, 0.3) is 20.2 Å². The van der Waals surface area contributed by atoms with Crippen molar-refractivity contribution in [1.82, 2.24) is 31.9 Å². The first-order valence-corrected chi connectivity index (χ1v) is 21.9. The molecule has 0 aromatic rings. The number of nitrogens with one attached hydrogen (secondary N) is 6. The van der Waals surface area contributed by atoms with E-state index in [9.17, 15) is 25.9 Å². The van der Waals surface area contributed by atoms with Crippen molar-refractivity contribution in [2.75, 3.05) is 0 Å². The molecule has 0 aromatic carbocycles. The molecular formula is C32H54CuN8O6S2. The maximum Gasteiger partial charge on any atom is 2.00 e. The molecule has 5 aliphatic heterocycles. The van der Waals surface area contributed by atoms with Gasteiger partial charge in [-0.15, -0.1) is 0 Å². The molecule has 9 rings (SSSR count). The van der Waals surface area contributed by atoms with Crippen LogP contribution in [0.5, 0.6) is 0 Å². The maximum atomic E-state index is 12.8. The fraction of sp³-hybridized carbons (Fsp3) is 1.00. The Morgan fingerprint density at radius 1 is 0.429 bits per heavy atom. The summed E-state index contributed by atoms with van der Waals surface area (Å²) < 4.78 is 72.3. The summed E-state index contributed by atoms with van der Waals surface area (Å²) in [4.78, 5) is 0. The predicted octanol–water partition coefficient (Wildman–Crippen LogP) is 1.90. The van der Waals surface area contributed by atoms with Gasteiger partial charge in [-0.25, -0.2) is 6.17 Å². The van der Waals surface area contributed by atoms with Crippen LogP contribution < -0.4 is 31.9 Å². The molecule has 49 heavy (non-hydrogen) atoms. The van der Waals surface area contributed by atoms with E-state index in [1.165, 1.54) is 0 Å².